The lowest BCUT2D eigenvalue weighted by atomic mass is 9.77. The number of alkyl halides is 1. The van der Waals surface area contributed by atoms with Gasteiger partial charge >= 0.3 is 0 Å². The molecule has 1 aliphatic rings. The van der Waals surface area contributed by atoms with Crippen molar-refractivity contribution in [3.63, 3.8) is 0 Å². The molecule has 122 valence electrons. The van der Waals surface area contributed by atoms with Crippen LogP contribution < -0.4 is 4.74 Å². The molecule has 2 atom stereocenters. The number of hydrogen-bond donors (Lipinski definition) is 0. The number of halogens is 2. The lowest BCUT2D eigenvalue weighted by Gasteiger charge is -2.37. The van der Waals surface area contributed by atoms with Crippen LogP contribution in [0, 0.1) is 11.3 Å². The van der Waals surface area contributed by atoms with Crippen molar-refractivity contribution >= 4 is 48.7 Å². The standard InChI is InChI=1S/C20H12Br2N2O/c21-20(12-23)18(14-7-2-1-3-8-14)17-15-9-5-4-6-13(15)10-11-16(17)25-19(20)24-22/h1-11,18H. The lowest BCUT2D eigenvalue weighted by Crippen LogP contribution is -2.44. The summed E-state index contributed by atoms with van der Waals surface area (Å²) in [6, 6.07) is 24.4. The molecule has 1 heterocycles. The van der Waals surface area contributed by atoms with E-state index in [1.807, 2.05) is 54.6 Å². The van der Waals surface area contributed by atoms with Gasteiger partial charge in [-0.1, -0.05) is 76.6 Å². The average molecular weight is 456 g/mol. The van der Waals surface area contributed by atoms with Crippen LogP contribution in [0.2, 0.25) is 0 Å². The first-order valence-corrected chi connectivity index (χ1v) is 9.23. The molecule has 3 nitrogen and oxygen atoms in total. The van der Waals surface area contributed by atoms with Crippen LogP contribution in [0.25, 0.3) is 10.8 Å². The van der Waals surface area contributed by atoms with E-state index in [2.05, 4.69) is 54.3 Å². The van der Waals surface area contributed by atoms with Crippen molar-refractivity contribution < 1.29 is 4.74 Å². The first-order valence-electron chi connectivity index (χ1n) is 7.73. The summed E-state index contributed by atoms with van der Waals surface area (Å²) in [5, 5.41) is 12.2. The highest BCUT2D eigenvalue weighted by Crippen LogP contribution is 2.51. The molecule has 0 spiro atoms. The van der Waals surface area contributed by atoms with E-state index in [9.17, 15) is 5.26 Å². The Hall–Kier alpha value is -2.16. The second kappa shape index (κ2) is 6.29. The minimum Gasteiger partial charge on any atom is -0.439 e. The predicted molar refractivity (Wildman–Crippen MR) is 106 cm³/mol. The Morgan fingerprint density at radius 1 is 1.00 bits per heavy atom. The Morgan fingerprint density at radius 2 is 1.72 bits per heavy atom. The molecule has 0 fully saturated rings. The van der Waals surface area contributed by atoms with Crippen LogP contribution in [0.3, 0.4) is 0 Å². The molecule has 5 heteroatoms. The Labute approximate surface area is 162 Å². The highest BCUT2D eigenvalue weighted by Gasteiger charge is 2.50. The smallest absolute Gasteiger partial charge is 0.233 e. The third-order valence-electron chi connectivity index (χ3n) is 4.51. The summed E-state index contributed by atoms with van der Waals surface area (Å²) in [5.41, 5.74) is 2.01. The molecule has 0 aliphatic carbocycles. The van der Waals surface area contributed by atoms with E-state index >= 15 is 0 Å². The molecule has 1 aliphatic heterocycles. The molecule has 3 aromatic rings. The second-order valence-electron chi connectivity index (χ2n) is 5.86. The van der Waals surface area contributed by atoms with Crippen LogP contribution in [0.15, 0.2) is 70.7 Å². The van der Waals surface area contributed by atoms with Crippen molar-refractivity contribution in [3.05, 3.63) is 77.9 Å². The van der Waals surface area contributed by atoms with Crippen molar-refractivity contribution in [2.75, 3.05) is 0 Å². The maximum Gasteiger partial charge on any atom is 0.233 e. The van der Waals surface area contributed by atoms with Crippen LogP contribution in [0.5, 0.6) is 5.75 Å². The SMILES string of the molecule is N#CC1(Br)C(=NBr)Oc2ccc3ccccc3c2C1c1ccccc1. The molecule has 0 saturated heterocycles. The van der Waals surface area contributed by atoms with Gasteiger partial charge in [-0.3, -0.25) is 0 Å². The van der Waals surface area contributed by atoms with Crippen LogP contribution in [0.1, 0.15) is 17.0 Å². The van der Waals surface area contributed by atoms with E-state index in [1.165, 1.54) is 0 Å². The number of ether oxygens (including phenoxy) is 1. The van der Waals surface area contributed by atoms with Gasteiger partial charge < -0.3 is 4.74 Å². The molecule has 0 saturated carbocycles. The van der Waals surface area contributed by atoms with E-state index in [0.29, 0.717) is 5.90 Å². The van der Waals surface area contributed by atoms with Crippen molar-refractivity contribution in [2.24, 2.45) is 4.02 Å². The summed E-state index contributed by atoms with van der Waals surface area (Å²) >= 11 is 6.74. The van der Waals surface area contributed by atoms with Gasteiger partial charge in [0.1, 0.15) is 5.75 Å². The summed E-state index contributed by atoms with van der Waals surface area (Å²) in [4.78, 5) is 0. The number of fused-ring (bicyclic) bond motifs is 3. The zero-order chi connectivity index (χ0) is 17.4. The first-order chi connectivity index (χ1) is 12.2. The first kappa shape index (κ1) is 16.3. The molecule has 0 aromatic heterocycles. The largest absolute Gasteiger partial charge is 0.439 e. The lowest BCUT2D eigenvalue weighted by molar-refractivity contribution is 0.478. The fraction of sp³-hybridized carbons (Fsp3) is 0.100. The summed E-state index contributed by atoms with van der Waals surface area (Å²) in [6.45, 7) is 0. The molecular weight excluding hydrogens is 444 g/mol. The van der Waals surface area contributed by atoms with Gasteiger partial charge in [-0.15, -0.1) is 0 Å². The van der Waals surface area contributed by atoms with Gasteiger partial charge in [0.05, 0.1) is 28.1 Å². The second-order valence-corrected chi connectivity index (χ2v) is 7.46. The number of nitriles is 1. The molecule has 0 N–H and O–H groups in total. The van der Waals surface area contributed by atoms with Gasteiger partial charge in [0.25, 0.3) is 0 Å². The van der Waals surface area contributed by atoms with Crippen LogP contribution in [-0.4, -0.2) is 10.2 Å². The zero-order valence-electron chi connectivity index (χ0n) is 13.0. The number of rotatable bonds is 1. The van der Waals surface area contributed by atoms with E-state index in [-0.39, 0.29) is 5.92 Å². The fourth-order valence-electron chi connectivity index (χ4n) is 3.40. The Kier molecular flexibility index (Phi) is 4.10. The maximum absolute atomic E-state index is 10.0. The monoisotopic (exact) mass is 454 g/mol. The molecule has 0 bridgehead atoms. The van der Waals surface area contributed by atoms with E-state index in [0.717, 1.165) is 27.6 Å². The normalized spacial score (nSPS) is 23.7. The molecular formula is C20H12Br2N2O. The maximum atomic E-state index is 10.0. The highest BCUT2D eigenvalue weighted by molar-refractivity contribution is 9.10. The third-order valence-corrected chi connectivity index (χ3v) is 5.80. The Bertz CT molecular complexity index is 1030. The van der Waals surface area contributed by atoms with Crippen molar-refractivity contribution in [3.8, 4) is 11.8 Å². The molecule has 25 heavy (non-hydrogen) atoms. The van der Waals surface area contributed by atoms with E-state index in [4.69, 9.17) is 4.74 Å². The average Bonchev–Trinajstić information content (AvgIpc) is 2.68. The van der Waals surface area contributed by atoms with Gasteiger partial charge in [0.15, 0.2) is 4.32 Å². The van der Waals surface area contributed by atoms with Crippen molar-refractivity contribution in [1.82, 2.24) is 0 Å². The summed E-state index contributed by atoms with van der Waals surface area (Å²) in [6.07, 6.45) is 0. The summed E-state index contributed by atoms with van der Waals surface area (Å²) in [5.74, 6) is 0.757. The molecule has 2 unspecified atom stereocenters. The van der Waals surface area contributed by atoms with E-state index in [1.54, 1.807) is 0 Å². The van der Waals surface area contributed by atoms with Crippen molar-refractivity contribution in [1.29, 1.82) is 5.26 Å². The van der Waals surface area contributed by atoms with Crippen LogP contribution in [-0.2, 0) is 0 Å². The van der Waals surface area contributed by atoms with E-state index < -0.39 is 4.32 Å². The zero-order valence-corrected chi connectivity index (χ0v) is 16.2. The third kappa shape index (κ3) is 2.48. The quantitative estimate of drug-likeness (QED) is 0.440. The van der Waals surface area contributed by atoms with Gasteiger partial charge in [0, 0.05) is 5.56 Å². The topological polar surface area (TPSA) is 45.4 Å². The van der Waals surface area contributed by atoms with Gasteiger partial charge in [-0.05, 0) is 22.4 Å². The fourth-order valence-corrected chi connectivity index (χ4v) is 4.65. The number of nitrogens with zero attached hydrogens (tertiary/aromatic N) is 2. The van der Waals surface area contributed by atoms with Crippen LogP contribution >= 0.6 is 32.1 Å². The predicted octanol–water partition coefficient (Wildman–Crippen LogP) is 5.73. The molecule has 0 radical (unpaired) electrons. The molecule has 3 aromatic carbocycles. The number of benzene rings is 3. The number of hydrogen-bond acceptors (Lipinski definition) is 3. The van der Waals surface area contributed by atoms with Gasteiger partial charge in [-0.2, -0.15) is 9.28 Å². The molecule has 0 amide bonds. The van der Waals surface area contributed by atoms with Crippen molar-refractivity contribution in [2.45, 2.75) is 10.2 Å². The Morgan fingerprint density at radius 3 is 2.44 bits per heavy atom. The Balaban J connectivity index is 2.11. The molecule has 4 rings (SSSR count). The summed E-state index contributed by atoms with van der Waals surface area (Å²) < 4.78 is 8.94. The summed E-state index contributed by atoms with van der Waals surface area (Å²) in [7, 11) is 0. The van der Waals surface area contributed by atoms with Crippen LogP contribution in [0.4, 0.5) is 0 Å². The minimum absolute atomic E-state index is 0.259. The van der Waals surface area contributed by atoms with Gasteiger partial charge in [-0.25, -0.2) is 0 Å². The van der Waals surface area contributed by atoms with Gasteiger partial charge in [0.2, 0.25) is 5.90 Å². The minimum atomic E-state index is -1.10. The highest BCUT2D eigenvalue weighted by atomic mass is 79.9.